The maximum atomic E-state index is 13.7. The second-order valence-corrected chi connectivity index (χ2v) is 14.0. The number of piperidine rings is 2. The van der Waals surface area contributed by atoms with E-state index >= 15 is 0 Å². The first-order valence-corrected chi connectivity index (χ1v) is 18.5. The summed E-state index contributed by atoms with van der Waals surface area (Å²) in [6.45, 7) is 7.42. The second kappa shape index (κ2) is 17.2. The van der Waals surface area contributed by atoms with Gasteiger partial charge in [-0.1, -0.05) is 0 Å². The summed E-state index contributed by atoms with van der Waals surface area (Å²) >= 11 is 0. The monoisotopic (exact) mass is 765 g/mol. The number of benzene rings is 2. The number of rotatable bonds is 9. The van der Waals surface area contributed by atoms with Crippen molar-refractivity contribution in [3.05, 3.63) is 98.6 Å². The van der Waals surface area contributed by atoms with Crippen molar-refractivity contribution < 1.29 is 27.0 Å². The fourth-order valence-electron chi connectivity index (χ4n) is 7.13. The van der Waals surface area contributed by atoms with Crippen LogP contribution in [-0.4, -0.2) is 98.5 Å². The topological polar surface area (TPSA) is 146 Å². The van der Waals surface area contributed by atoms with Crippen molar-refractivity contribution in [3.63, 3.8) is 0 Å². The van der Waals surface area contributed by atoms with E-state index in [1.807, 2.05) is 6.07 Å². The summed E-state index contributed by atoms with van der Waals surface area (Å²) in [4.78, 5) is 41.0. The zero-order valence-corrected chi connectivity index (χ0v) is 30.2. The number of nitrogens with one attached hydrogen (secondary N) is 1. The Hall–Kier alpha value is -4.97. The molecular weight excluding hydrogens is 722 g/mol. The molecule has 2 fully saturated rings. The van der Waals surface area contributed by atoms with Crippen LogP contribution in [0.3, 0.4) is 0 Å². The summed E-state index contributed by atoms with van der Waals surface area (Å²) in [6, 6.07) is 6.65. The van der Waals surface area contributed by atoms with Gasteiger partial charge in [0.05, 0.1) is 46.4 Å². The van der Waals surface area contributed by atoms with Gasteiger partial charge in [-0.05, 0) is 51.9 Å². The molecule has 13 nitrogen and oxygen atoms in total. The summed E-state index contributed by atoms with van der Waals surface area (Å²) in [6.07, 6.45) is 7.82. The molecule has 0 spiro atoms. The molecule has 3 aliphatic rings. The first kappa shape index (κ1) is 38.3. The number of likely N-dealkylation sites (tertiary alicyclic amines) is 2. The third kappa shape index (κ3) is 9.29. The van der Waals surface area contributed by atoms with E-state index in [0.717, 1.165) is 100.0 Å². The van der Waals surface area contributed by atoms with Crippen molar-refractivity contribution in [2.45, 2.75) is 57.4 Å². The first-order chi connectivity index (χ1) is 26.6. The zero-order chi connectivity index (χ0) is 38.5. The molecule has 3 aromatic heterocycles. The van der Waals surface area contributed by atoms with Gasteiger partial charge in [-0.25, -0.2) is 27.5 Å². The Morgan fingerprint density at radius 3 is 1.67 bits per heavy atom. The number of nitrogens with zero attached hydrogens (tertiary/aromatic N) is 7. The number of halogens is 4. The predicted molar refractivity (Wildman–Crippen MR) is 197 cm³/mol. The van der Waals surface area contributed by atoms with Crippen molar-refractivity contribution in [2.24, 2.45) is 5.73 Å². The maximum Gasteiger partial charge on any atom is 0.269 e. The molecule has 0 bridgehead atoms. The lowest BCUT2D eigenvalue weighted by Crippen LogP contribution is -2.43. The lowest BCUT2D eigenvalue weighted by molar-refractivity contribution is 0.170. The van der Waals surface area contributed by atoms with Crippen molar-refractivity contribution in [3.8, 4) is 11.5 Å². The molecule has 2 saturated heterocycles. The third-order valence-corrected chi connectivity index (χ3v) is 10.3. The van der Waals surface area contributed by atoms with Crippen LogP contribution in [0.25, 0.3) is 22.1 Å². The van der Waals surface area contributed by atoms with Crippen LogP contribution in [0.5, 0.6) is 11.5 Å². The zero-order valence-electron chi connectivity index (χ0n) is 30.2. The molecule has 0 amide bonds. The second-order valence-electron chi connectivity index (χ2n) is 14.0. The lowest BCUT2D eigenvalue weighted by atomic mass is 10.0. The number of ether oxygens (including phenoxy) is 2. The summed E-state index contributed by atoms with van der Waals surface area (Å²) in [7, 11) is 0. The summed E-state index contributed by atoms with van der Waals surface area (Å²) in [5.41, 5.74) is 7.32. The van der Waals surface area contributed by atoms with Gasteiger partial charge < -0.3 is 39.5 Å². The molecule has 55 heavy (non-hydrogen) atoms. The Balaban J connectivity index is 0.000000184. The van der Waals surface area contributed by atoms with Crippen LogP contribution >= 0.6 is 0 Å². The number of hydrogen-bond acceptors (Lipinski definition) is 11. The molecule has 8 rings (SSSR count). The van der Waals surface area contributed by atoms with Crippen LogP contribution in [0, 0.1) is 23.3 Å². The van der Waals surface area contributed by atoms with Crippen LogP contribution < -0.4 is 31.6 Å². The van der Waals surface area contributed by atoms with Gasteiger partial charge in [-0.2, -0.15) is 0 Å². The number of aromatic nitrogens is 5. The average Bonchev–Trinajstić information content (AvgIpc) is 3.19. The smallest absolute Gasteiger partial charge is 0.269 e. The van der Waals surface area contributed by atoms with Crippen LogP contribution in [0.4, 0.5) is 17.6 Å². The molecule has 6 heterocycles. The molecule has 5 aromatic rings. The van der Waals surface area contributed by atoms with E-state index in [9.17, 15) is 27.2 Å². The fourth-order valence-corrected chi connectivity index (χ4v) is 7.13. The van der Waals surface area contributed by atoms with Crippen molar-refractivity contribution in [1.29, 1.82) is 0 Å². The Labute approximate surface area is 313 Å². The molecule has 0 aliphatic carbocycles. The molecule has 0 unspecified atom stereocenters. The van der Waals surface area contributed by atoms with Gasteiger partial charge >= 0.3 is 0 Å². The molecule has 3 N–H and O–H groups in total. The van der Waals surface area contributed by atoms with Crippen LogP contribution in [0.2, 0.25) is 0 Å². The highest BCUT2D eigenvalue weighted by Crippen LogP contribution is 2.29. The molecule has 3 aliphatic heterocycles. The summed E-state index contributed by atoms with van der Waals surface area (Å²) in [5.74, 6) is -2.46. The number of pyridine rings is 1. The number of fused-ring (bicyclic) bond motifs is 3. The molecule has 17 heteroatoms. The molecule has 0 atom stereocenters. The third-order valence-electron chi connectivity index (χ3n) is 10.3. The number of nitrogens with two attached hydrogens (primary N) is 1. The van der Waals surface area contributed by atoms with Gasteiger partial charge in [0.1, 0.15) is 13.2 Å². The van der Waals surface area contributed by atoms with E-state index in [-0.39, 0.29) is 28.2 Å². The van der Waals surface area contributed by atoms with E-state index in [4.69, 9.17) is 15.2 Å². The Bertz CT molecular complexity index is 2260. The largest absolute Gasteiger partial charge is 0.486 e. The summed E-state index contributed by atoms with van der Waals surface area (Å²) in [5, 5.41) is 3.56. The molecule has 0 radical (unpaired) electrons. The van der Waals surface area contributed by atoms with Gasteiger partial charge in [0, 0.05) is 75.1 Å². The lowest BCUT2D eigenvalue weighted by Gasteiger charge is -2.32. The quantitative estimate of drug-likeness (QED) is 0.214. The van der Waals surface area contributed by atoms with Gasteiger partial charge in [-0.15, -0.1) is 0 Å². The highest BCUT2D eigenvalue weighted by molar-refractivity contribution is 5.75. The van der Waals surface area contributed by atoms with E-state index in [0.29, 0.717) is 68.8 Å². The van der Waals surface area contributed by atoms with E-state index in [2.05, 4.69) is 30.1 Å². The van der Waals surface area contributed by atoms with E-state index < -0.39 is 23.3 Å². The molecule has 292 valence electrons. The Kier molecular flexibility index (Phi) is 12.0. The minimum Gasteiger partial charge on any atom is -0.486 e. The van der Waals surface area contributed by atoms with Crippen molar-refractivity contribution in [1.82, 2.24) is 39.2 Å². The van der Waals surface area contributed by atoms with Crippen molar-refractivity contribution >= 4 is 22.1 Å². The first-order valence-electron chi connectivity index (χ1n) is 18.5. The summed E-state index contributed by atoms with van der Waals surface area (Å²) < 4.78 is 68.0. The molecule has 0 saturated carbocycles. The minimum absolute atomic E-state index is 0.248. The highest BCUT2D eigenvalue weighted by atomic mass is 19.2. The Morgan fingerprint density at radius 1 is 0.636 bits per heavy atom. The standard InChI is InChI=1S/C23H25F2N5O3.C15H18F2N4O/c24-17-10-19-20(11-18(17)25)30(23(31)14-28-19)6-5-29-3-1-15(2-4-29)26-12-16-9-21-22(13-27-16)33-8-7-32-21;16-11-7-13-14(8-12(11)17)21(15(22)9-19-13)6-5-20-3-1-10(18)2-4-20/h9-11,13-15,26H,1-8,12H2;7-10H,1-6,18H2. The SMILES string of the molecule is NC1CCN(CCn2c(=O)cnc3cc(F)c(F)cc32)CC1.O=c1cnc2cc(F)c(F)cc2n1CCN1CCC(NCc2cc3c(cn2)OCCO3)CC1. The normalized spacial score (nSPS) is 17.0. The fraction of sp³-hybridized carbons (Fsp3) is 0.447. The minimum atomic E-state index is -0.983. The van der Waals surface area contributed by atoms with Gasteiger partial charge in [0.15, 0.2) is 34.8 Å². The molecular formula is C38H43F4N9O4. The predicted octanol–water partition coefficient (Wildman–Crippen LogP) is 3.19. The highest BCUT2D eigenvalue weighted by Gasteiger charge is 2.21. The van der Waals surface area contributed by atoms with Crippen LogP contribution in [0.15, 0.2) is 58.5 Å². The van der Waals surface area contributed by atoms with Crippen LogP contribution in [0.1, 0.15) is 31.4 Å². The van der Waals surface area contributed by atoms with Gasteiger partial charge in [0.25, 0.3) is 11.1 Å². The number of hydrogen-bond donors (Lipinski definition) is 2. The van der Waals surface area contributed by atoms with E-state index in [1.54, 1.807) is 6.20 Å². The van der Waals surface area contributed by atoms with Gasteiger partial charge in [0.2, 0.25) is 0 Å². The van der Waals surface area contributed by atoms with Crippen LogP contribution in [-0.2, 0) is 19.6 Å². The van der Waals surface area contributed by atoms with Gasteiger partial charge in [-0.3, -0.25) is 14.6 Å². The maximum absolute atomic E-state index is 13.7. The molecule has 2 aromatic carbocycles. The van der Waals surface area contributed by atoms with E-state index in [1.165, 1.54) is 9.13 Å². The van der Waals surface area contributed by atoms with Crippen molar-refractivity contribution in [2.75, 3.05) is 52.5 Å². The average molecular weight is 766 g/mol. The Morgan fingerprint density at radius 2 is 1.13 bits per heavy atom.